The quantitative estimate of drug-likeness (QED) is 0.544. The zero-order valence-corrected chi connectivity index (χ0v) is 16.0. The van der Waals surface area contributed by atoms with E-state index >= 15 is 0 Å². The Morgan fingerprint density at radius 2 is 1.32 bits per heavy atom. The molecule has 3 rings (SSSR count). The molecule has 142 valence electrons. The van der Waals surface area contributed by atoms with Crippen LogP contribution in [0.4, 0.5) is 0 Å². The Hall–Kier alpha value is -3.40. The first-order chi connectivity index (χ1) is 13.6. The summed E-state index contributed by atoms with van der Waals surface area (Å²) in [5, 5.41) is 0. The molecule has 0 N–H and O–H groups in total. The van der Waals surface area contributed by atoms with Crippen LogP contribution >= 0.6 is 0 Å². The average Bonchev–Trinajstić information content (AvgIpc) is 2.74. The number of ether oxygens (including phenoxy) is 2. The second-order valence-corrected chi connectivity index (χ2v) is 6.15. The number of carbonyl (C=O) groups excluding carboxylic acids is 2. The molecule has 0 saturated carbocycles. The van der Waals surface area contributed by atoms with Gasteiger partial charge in [-0.15, -0.1) is 0 Å². The van der Waals surface area contributed by atoms with Crippen molar-refractivity contribution in [1.82, 2.24) is 0 Å². The Morgan fingerprint density at radius 1 is 0.679 bits per heavy atom. The lowest BCUT2D eigenvalue weighted by Gasteiger charge is -2.12. The molecule has 0 radical (unpaired) electrons. The smallest absolute Gasteiger partial charge is 0.338 e. The van der Waals surface area contributed by atoms with Gasteiger partial charge in [0.15, 0.2) is 0 Å². The minimum absolute atomic E-state index is 0.256. The predicted octanol–water partition coefficient (Wildman–Crippen LogP) is 5.37. The van der Waals surface area contributed by atoms with Crippen LogP contribution < -0.4 is 0 Å². The Morgan fingerprint density at radius 3 is 2.04 bits per heavy atom. The van der Waals surface area contributed by atoms with Gasteiger partial charge in [0.25, 0.3) is 0 Å². The normalized spacial score (nSPS) is 10.4. The van der Waals surface area contributed by atoms with Crippen LogP contribution in [-0.2, 0) is 9.47 Å². The van der Waals surface area contributed by atoms with Crippen molar-refractivity contribution < 1.29 is 19.1 Å². The van der Waals surface area contributed by atoms with Crippen LogP contribution in [0.1, 0.15) is 34.6 Å². The van der Waals surface area contributed by atoms with E-state index in [1.807, 2.05) is 54.6 Å². The van der Waals surface area contributed by atoms with Crippen molar-refractivity contribution in [2.24, 2.45) is 0 Å². The zero-order valence-electron chi connectivity index (χ0n) is 16.0. The van der Waals surface area contributed by atoms with Gasteiger partial charge < -0.3 is 9.47 Å². The molecule has 0 heterocycles. The van der Waals surface area contributed by atoms with Crippen molar-refractivity contribution in [3.05, 3.63) is 83.9 Å². The topological polar surface area (TPSA) is 52.6 Å². The Labute approximate surface area is 164 Å². The zero-order chi connectivity index (χ0) is 19.9. The first kappa shape index (κ1) is 19.4. The van der Waals surface area contributed by atoms with E-state index in [0.29, 0.717) is 16.7 Å². The summed E-state index contributed by atoms with van der Waals surface area (Å²) in [6.07, 6.45) is 0. The second kappa shape index (κ2) is 9.00. The Kier molecular flexibility index (Phi) is 6.22. The number of rotatable bonds is 6. The lowest BCUT2D eigenvalue weighted by atomic mass is 9.94. The number of carbonyl (C=O) groups is 2. The molecular formula is C24H22O4. The molecule has 0 spiro atoms. The molecule has 3 aromatic carbocycles. The highest BCUT2D eigenvalue weighted by atomic mass is 16.5. The highest BCUT2D eigenvalue weighted by Crippen LogP contribution is 2.30. The molecule has 0 atom stereocenters. The molecule has 0 unspecified atom stereocenters. The molecule has 0 saturated heterocycles. The molecule has 3 aromatic rings. The fourth-order valence-electron chi connectivity index (χ4n) is 3.01. The van der Waals surface area contributed by atoms with Gasteiger partial charge in [0.1, 0.15) is 0 Å². The van der Waals surface area contributed by atoms with E-state index in [-0.39, 0.29) is 13.2 Å². The van der Waals surface area contributed by atoms with E-state index in [4.69, 9.17) is 9.47 Å². The minimum atomic E-state index is -0.464. The third kappa shape index (κ3) is 4.29. The highest BCUT2D eigenvalue weighted by molar-refractivity contribution is 6.01. The molecule has 28 heavy (non-hydrogen) atoms. The number of benzene rings is 3. The van der Waals surface area contributed by atoms with Crippen LogP contribution in [0.15, 0.2) is 72.8 Å². The number of hydrogen-bond donors (Lipinski definition) is 0. The summed E-state index contributed by atoms with van der Waals surface area (Å²) in [5.41, 5.74) is 4.39. The number of hydrogen-bond acceptors (Lipinski definition) is 4. The predicted molar refractivity (Wildman–Crippen MR) is 109 cm³/mol. The third-order valence-corrected chi connectivity index (χ3v) is 4.31. The van der Waals surface area contributed by atoms with E-state index in [1.165, 1.54) is 0 Å². The summed E-state index contributed by atoms with van der Waals surface area (Å²) >= 11 is 0. The minimum Gasteiger partial charge on any atom is -0.462 e. The summed E-state index contributed by atoms with van der Waals surface area (Å²) in [4.78, 5) is 24.6. The van der Waals surface area contributed by atoms with Gasteiger partial charge in [-0.25, -0.2) is 9.59 Å². The highest BCUT2D eigenvalue weighted by Gasteiger charge is 2.18. The van der Waals surface area contributed by atoms with Crippen molar-refractivity contribution in [3.8, 4) is 22.3 Å². The molecule has 0 fully saturated rings. The Bertz CT molecular complexity index is 977. The van der Waals surface area contributed by atoms with Gasteiger partial charge in [-0.05, 0) is 54.3 Å². The van der Waals surface area contributed by atoms with Gasteiger partial charge in [0.05, 0.1) is 24.3 Å². The molecule has 4 heteroatoms. The van der Waals surface area contributed by atoms with Gasteiger partial charge in [0, 0.05) is 0 Å². The van der Waals surface area contributed by atoms with Crippen LogP contribution in [0.2, 0.25) is 0 Å². The van der Waals surface area contributed by atoms with Crippen molar-refractivity contribution in [3.63, 3.8) is 0 Å². The summed E-state index contributed by atoms with van der Waals surface area (Å²) in [5.74, 6) is -0.925. The van der Waals surface area contributed by atoms with E-state index in [1.54, 1.807) is 32.0 Å². The molecule has 0 bridgehead atoms. The second-order valence-electron chi connectivity index (χ2n) is 6.15. The van der Waals surface area contributed by atoms with E-state index < -0.39 is 11.9 Å². The fourth-order valence-corrected chi connectivity index (χ4v) is 3.01. The molecule has 0 aliphatic rings. The monoisotopic (exact) mass is 374 g/mol. The van der Waals surface area contributed by atoms with Gasteiger partial charge in [0.2, 0.25) is 0 Å². The van der Waals surface area contributed by atoms with Gasteiger partial charge in [-0.2, -0.15) is 0 Å². The fraction of sp³-hybridized carbons (Fsp3) is 0.167. The molecule has 0 amide bonds. The van der Waals surface area contributed by atoms with Gasteiger partial charge >= 0.3 is 11.9 Å². The van der Waals surface area contributed by atoms with Crippen molar-refractivity contribution in [2.45, 2.75) is 13.8 Å². The maximum absolute atomic E-state index is 12.6. The molecule has 0 aliphatic heterocycles. The van der Waals surface area contributed by atoms with Crippen molar-refractivity contribution >= 4 is 11.9 Å². The SMILES string of the molecule is CCOC(=O)c1ccc(-c2cccc(-c3ccccc3)c2)c(C(=O)OCC)c1. The van der Waals surface area contributed by atoms with Crippen LogP contribution in [0.3, 0.4) is 0 Å². The summed E-state index contributed by atoms with van der Waals surface area (Å²) < 4.78 is 10.3. The first-order valence-electron chi connectivity index (χ1n) is 9.28. The Balaban J connectivity index is 2.08. The maximum Gasteiger partial charge on any atom is 0.338 e. The van der Waals surface area contributed by atoms with Crippen LogP contribution in [0, 0.1) is 0 Å². The van der Waals surface area contributed by atoms with Crippen LogP contribution in [0.5, 0.6) is 0 Å². The number of esters is 2. The largest absolute Gasteiger partial charge is 0.462 e. The van der Waals surface area contributed by atoms with Gasteiger partial charge in [-0.1, -0.05) is 54.6 Å². The first-order valence-corrected chi connectivity index (χ1v) is 9.28. The molecular weight excluding hydrogens is 352 g/mol. The summed E-state index contributed by atoms with van der Waals surface area (Å²) in [6, 6.07) is 22.9. The molecule has 0 aromatic heterocycles. The van der Waals surface area contributed by atoms with Crippen LogP contribution in [-0.4, -0.2) is 25.2 Å². The van der Waals surface area contributed by atoms with Gasteiger partial charge in [-0.3, -0.25) is 0 Å². The lowest BCUT2D eigenvalue weighted by molar-refractivity contribution is 0.0526. The maximum atomic E-state index is 12.6. The summed E-state index contributed by atoms with van der Waals surface area (Å²) in [7, 11) is 0. The summed E-state index contributed by atoms with van der Waals surface area (Å²) in [6.45, 7) is 4.02. The lowest BCUT2D eigenvalue weighted by Crippen LogP contribution is -2.10. The standard InChI is InChI=1S/C24H22O4/c1-3-27-23(25)20-13-14-21(22(16-20)24(26)28-4-2)19-12-8-11-18(15-19)17-9-6-5-7-10-17/h5-16H,3-4H2,1-2H3. The van der Waals surface area contributed by atoms with E-state index in [0.717, 1.165) is 16.7 Å². The molecule has 4 nitrogen and oxygen atoms in total. The van der Waals surface area contributed by atoms with Crippen molar-refractivity contribution in [2.75, 3.05) is 13.2 Å². The van der Waals surface area contributed by atoms with E-state index in [2.05, 4.69) is 0 Å². The molecule has 0 aliphatic carbocycles. The van der Waals surface area contributed by atoms with Crippen molar-refractivity contribution in [1.29, 1.82) is 0 Å². The average molecular weight is 374 g/mol. The third-order valence-electron chi connectivity index (χ3n) is 4.31. The van der Waals surface area contributed by atoms with Crippen LogP contribution in [0.25, 0.3) is 22.3 Å². The van der Waals surface area contributed by atoms with E-state index in [9.17, 15) is 9.59 Å².